The number of nitrogens with zero attached hydrogens (tertiary/aromatic N) is 1. The van der Waals surface area contributed by atoms with Crippen LogP contribution >= 0.6 is 15.9 Å². The lowest BCUT2D eigenvalue weighted by Crippen LogP contribution is -2.32. The van der Waals surface area contributed by atoms with Crippen molar-refractivity contribution in [3.63, 3.8) is 0 Å². The van der Waals surface area contributed by atoms with Crippen LogP contribution in [0.2, 0.25) is 0 Å². The molecule has 1 fully saturated rings. The Kier molecular flexibility index (Phi) is 5.53. The maximum atomic E-state index is 12.4. The highest BCUT2D eigenvalue weighted by molar-refractivity contribution is 9.10. The van der Waals surface area contributed by atoms with Crippen LogP contribution in [0.3, 0.4) is 0 Å². The molecule has 1 saturated heterocycles. The minimum Gasteiger partial charge on any atom is -0.497 e. The maximum absolute atomic E-state index is 12.4. The van der Waals surface area contributed by atoms with Crippen molar-refractivity contribution in [2.24, 2.45) is 0 Å². The van der Waals surface area contributed by atoms with Gasteiger partial charge < -0.3 is 10.1 Å². The molecule has 0 radical (unpaired) electrons. The van der Waals surface area contributed by atoms with Crippen molar-refractivity contribution in [2.45, 2.75) is 18.9 Å². The van der Waals surface area contributed by atoms with Gasteiger partial charge in [-0.3, -0.25) is 9.69 Å². The van der Waals surface area contributed by atoms with Gasteiger partial charge >= 0.3 is 0 Å². The highest BCUT2D eigenvalue weighted by Gasteiger charge is 2.27. The highest BCUT2D eigenvalue weighted by atomic mass is 79.9. The van der Waals surface area contributed by atoms with Crippen LogP contribution in [0.25, 0.3) is 0 Å². The molecule has 0 saturated carbocycles. The Morgan fingerprint density at radius 1 is 1.29 bits per heavy atom. The third-order valence-corrected chi connectivity index (χ3v) is 4.81. The average Bonchev–Trinajstić information content (AvgIpc) is 3.03. The number of nitrogens with one attached hydrogen (secondary N) is 1. The Hall–Kier alpha value is -1.85. The Bertz CT molecular complexity index is 703. The highest BCUT2D eigenvalue weighted by Crippen LogP contribution is 2.32. The molecule has 5 heteroatoms. The molecule has 1 atom stereocenters. The molecular formula is C19H21BrN2O2. The molecule has 24 heavy (non-hydrogen) atoms. The summed E-state index contributed by atoms with van der Waals surface area (Å²) in [5.41, 5.74) is 2.05. The molecule has 2 aromatic carbocycles. The lowest BCUT2D eigenvalue weighted by atomic mass is 10.0. The number of carbonyl (C=O) groups excluding carboxylic acids is 1. The predicted molar refractivity (Wildman–Crippen MR) is 99.3 cm³/mol. The molecule has 1 aliphatic heterocycles. The zero-order valence-electron chi connectivity index (χ0n) is 13.7. The van der Waals surface area contributed by atoms with Crippen molar-refractivity contribution in [3.05, 3.63) is 58.6 Å². The van der Waals surface area contributed by atoms with Crippen molar-refractivity contribution in [2.75, 3.05) is 25.5 Å². The fourth-order valence-electron chi connectivity index (χ4n) is 3.17. The molecule has 3 rings (SSSR count). The van der Waals surface area contributed by atoms with Crippen LogP contribution in [-0.2, 0) is 4.79 Å². The summed E-state index contributed by atoms with van der Waals surface area (Å²) in [6.07, 6.45) is 2.21. The van der Waals surface area contributed by atoms with Gasteiger partial charge in [-0.05, 0) is 61.3 Å². The molecule has 0 aliphatic carbocycles. The number of rotatable bonds is 5. The Morgan fingerprint density at radius 3 is 2.79 bits per heavy atom. The van der Waals surface area contributed by atoms with Crippen molar-refractivity contribution < 1.29 is 9.53 Å². The summed E-state index contributed by atoms with van der Waals surface area (Å²) in [5.74, 6) is 0.796. The number of likely N-dealkylation sites (tertiary alicyclic amines) is 1. The van der Waals surface area contributed by atoms with Gasteiger partial charge in [-0.15, -0.1) is 0 Å². The SMILES string of the molecule is COc1ccc(NC(=O)CN2CCCC2c2cccc(Br)c2)cc1. The van der Waals surface area contributed by atoms with E-state index in [4.69, 9.17) is 4.74 Å². The van der Waals surface area contributed by atoms with Crippen LogP contribution in [0, 0.1) is 0 Å². The number of amides is 1. The van der Waals surface area contributed by atoms with Crippen LogP contribution in [0.15, 0.2) is 53.0 Å². The Balaban J connectivity index is 1.62. The van der Waals surface area contributed by atoms with Crippen LogP contribution in [0.4, 0.5) is 5.69 Å². The van der Waals surface area contributed by atoms with Crippen LogP contribution in [0.5, 0.6) is 5.75 Å². The minimum absolute atomic E-state index is 0.0158. The fourth-order valence-corrected chi connectivity index (χ4v) is 3.58. The van der Waals surface area contributed by atoms with Gasteiger partial charge in [0.2, 0.25) is 5.91 Å². The predicted octanol–water partition coefficient (Wildman–Crippen LogP) is 4.23. The summed E-state index contributed by atoms with van der Waals surface area (Å²) in [6, 6.07) is 16.1. The summed E-state index contributed by atoms with van der Waals surface area (Å²) >= 11 is 3.53. The topological polar surface area (TPSA) is 41.6 Å². The van der Waals surface area contributed by atoms with E-state index < -0.39 is 0 Å². The molecule has 1 unspecified atom stereocenters. The zero-order chi connectivity index (χ0) is 16.9. The summed E-state index contributed by atoms with van der Waals surface area (Å²) in [5, 5.41) is 2.96. The second-order valence-electron chi connectivity index (χ2n) is 5.96. The quantitative estimate of drug-likeness (QED) is 0.832. The van der Waals surface area contributed by atoms with E-state index >= 15 is 0 Å². The van der Waals surface area contributed by atoms with E-state index in [0.29, 0.717) is 12.6 Å². The van der Waals surface area contributed by atoms with E-state index in [9.17, 15) is 4.79 Å². The number of carbonyl (C=O) groups is 1. The lowest BCUT2D eigenvalue weighted by molar-refractivity contribution is -0.117. The monoisotopic (exact) mass is 388 g/mol. The molecule has 1 amide bonds. The number of halogens is 1. The van der Waals surface area contributed by atoms with Gasteiger partial charge in [-0.2, -0.15) is 0 Å². The third kappa shape index (κ3) is 4.16. The van der Waals surface area contributed by atoms with Crippen LogP contribution in [0.1, 0.15) is 24.4 Å². The van der Waals surface area contributed by atoms with Crippen molar-refractivity contribution >= 4 is 27.5 Å². The number of benzene rings is 2. The average molecular weight is 389 g/mol. The summed E-state index contributed by atoms with van der Waals surface area (Å²) in [4.78, 5) is 14.6. The first-order valence-corrected chi connectivity index (χ1v) is 8.88. The first-order valence-electron chi connectivity index (χ1n) is 8.09. The number of methoxy groups -OCH3 is 1. The zero-order valence-corrected chi connectivity index (χ0v) is 15.3. The number of hydrogen-bond donors (Lipinski definition) is 1. The number of ether oxygens (including phenoxy) is 1. The van der Waals surface area contributed by atoms with E-state index in [-0.39, 0.29) is 5.91 Å². The molecule has 0 aromatic heterocycles. The normalized spacial score (nSPS) is 17.7. The molecule has 126 valence electrons. The molecule has 1 aliphatic rings. The van der Waals surface area contributed by atoms with E-state index in [1.165, 1.54) is 5.56 Å². The maximum Gasteiger partial charge on any atom is 0.238 e. The first kappa shape index (κ1) is 17.0. The van der Waals surface area contributed by atoms with E-state index in [2.05, 4.69) is 38.3 Å². The van der Waals surface area contributed by atoms with E-state index in [0.717, 1.165) is 35.3 Å². The third-order valence-electron chi connectivity index (χ3n) is 4.32. The second kappa shape index (κ2) is 7.81. The summed E-state index contributed by atoms with van der Waals surface area (Å²) in [7, 11) is 1.63. The van der Waals surface area contributed by atoms with Gasteiger partial charge in [-0.25, -0.2) is 0 Å². The number of hydrogen-bond acceptors (Lipinski definition) is 3. The summed E-state index contributed by atoms with van der Waals surface area (Å²) < 4.78 is 6.21. The van der Waals surface area contributed by atoms with Gasteiger partial charge in [0, 0.05) is 16.2 Å². The number of anilines is 1. The van der Waals surface area contributed by atoms with Crippen LogP contribution in [-0.4, -0.2) is 31.0 Å². The molecule has 0 bridgehead atoms. The van der Waals surface area contributed by atoms with Gasteiger partial charge in [0.1, 0.15) is 5.75 Å². The van der Waals surface area contributed by atoms with Crippen molar-refractivity contribution in [1.29, 1.82) is 0 Å². The molecular weight excluding hydrogens is 368 g/mol. The van der Waals surface area contributed by atoms with E-state index in [1.807, 2.05) is 36.4 Å². The molecule has 0 spiro atoms. The minimum atomic E-state index is 0.0158. The summed E-state index contributed by atoms with van der Waals surface area (Å²) in [6.45, 7) is 1.36. The molecule has 2 aromatic rings. The van der Waals surface area contributed by atoms with E-state index in [1.54, 1.807) is 7.11 Å². The van der Waals surface area contributed by atoms with Gasteiger partial charge in [0.15, 0.2) is 0 Å². The first-order chi connectivity index (χ1) is 11.7. The van der Waals surface area contributed by atoms with Crippen molar-refractivity contribution in [1.82, 2.24) is 4.90 Å². The van der Waals surface area contributed by atoms with Crippen LogP contribution < -0.4 is 10.1 Å². The Morgan fingerprint density at radius 2 is 2.08 bits per heavy atom. The van der Waals surface area contributed by atoms with Gasteiger partial charge in [0.05, 0.1) is 13.7 Å². The molecule has 1 N–H and O–H groups in total. The fraction of sp³-hybridized carbons (Fsp3) is 0.316. The standard InChI is InChI=1S/C19H21BrN2O2/c1-24-17-9-7-16(8-10-17)21-19(23)13-22-11-3-6-18(22)14-4-2-5-15(20)12-14/h2,4-5,7-10,12,18H,3,6,11,13H2,1H3,(H,21,23). The molecule has 1 heterocycles. The smallest absolute Gasteiger partial charge is 0.238 e. The second-order valence-corrected chi connectivity index (χ2v) is 6.88. The van der Waals surface area contributed by atoms with Crippen molar-refractivity contribution in [3.8, 4) is 5.75 Å². The van der Waals surface area contributed by atoms with Gasteiger partial charge in [-0.1, -0.05) is 28.1 Å². The molecule has 4 nitrogen and oxygen atoms in total. The lowest BCUT2D eigenvalue weighted by Gasteiger charge is -2.24. The van der Waals surface area contributed by atoms with Gasteiger partial charge in [0.25, 0.3) is 0 Å². The largest absolute Gasteiger partial charge is 0.497 e. The Labute approximate surface area is 150 Å².